The average molecular weight is 881 g/mol. The minimum Gasteiger partial charge on any atom is -0.480 e. The van der Waals surface area contributed by atoms with E-state index >= 15 is 4.79 Å². The molecule has 4 amide bonds. The Balaban J connectivity index is 1.55. The normalized spacial score (nSPS) is 15.4. The fourth-order valence-corrected chi connectivity index (χ4v) is 10.0. The Morgan fingerprint density at radius 1 is 0.806 bits per heavy atom. The Hall–Kier alpha value is -5.27. The predicted octanol–water partition coefficient (Wildman–Crippen LogP) is 7.75. The van der Waals surface area contributed by atoms with Crippen LogP contribution in [0.5, 0.6) is 0 Å². The van der Waals surface area contributed by atoms with Crippen molar-refractivity contribution < 1.29 is 33.8 Å². The van der Waals surface area contributed by atoms with Crippen LogP contribution in [0.4, 0.5) is 4.79 Å². The lowest BCUT2D eigenvalue weighted by Crippen LogP contribution is -2.62. The third-order valence-electron chi connectivity index (χ3n) is 10.9. The van der Waals surface area contributed by atoms with Gasteiger partial charge in [-0.25, -0.2) is 9.59 Å². The SMILES string of the molecule is CSCCC(NC(=O)C1Cc2ccccc2CN1C(=O)[C@H](C(C)C)N(CC(CSC(c1ccccc1)(c1ccccc1)c1ccccc1)NC(=O)OC(C)(C)C)C(C)=O)C(=O)O. The summed E-state index contributed by atoms with van der Waals surface area (Å²) in [5.74, 6) is -2.17. The van der Waals surface area contributed by atoms with Crippen molar-refractivity contribution in [3.63, 3.8) is 0 Å². The first-order chi connectivity index (χ1) is 29.5. The van der Waals surface area contributed by atoms with Crippen LogP contribution in [-0.4, -0.2) is 98.8 Å². The number of benzene rings is 4. The summed E-state index contributed by atoms with van der Waals surface area (Å²) in [6.07, 6.45) is 1.59. The molecule has 1 aliphatic rings. The van der Waals surface area contributed by atoms with E-state index in [0.717, 1.165) is 27.8 Å². The van der Waals surface area contributed by atoms with Crippen LogP contribution in [0.1, 0.15) is 75.8 Å². The molecule has 0 saturated carbocycles. The molecular formula is C49H60N4O7S2. The van der Waals surface area contributed by atoms with Crippen molar-refractivity contribution in [2.75, 3.05) is 24.3 Å². The maximum atomic E-state index is 15.2. The van der Waals surface area contributed by atoms with Crippen molar-refractivity contribution in [1.29, 1.82) is 0 Å². The summed E-state index contributed by atoms with van der Waals surface area (Å²) in [5, 5.41) is 15.8. The number of carboxylic acids is 1. The fourth-order valence-electron chi connectivity index (χ4n) is 7.98. The van der Waals surface area contributed by atoms with Gasteiger partial charge < -0.3 is 30.3 Å². The maximum Gasteiger partial charge on any atom is 0.407 e. The lowest BCUT2D eigenvalue weighted by atomic mass is 9.84. The molecule has 4 aromatic rings. The van der Waals surface area contributed by atoms with Crippen molar-refractivity contribution >= 4 is 53.3 Å². The first-order valence-electron chi connectivity index (χ1n) is 21.0. The van der Waals surface area contributed by atoms with E-state index in [2.05, 4.69) is 47.0 Å². The molecule has 0 aromatic heterocycles. The van der Waals surface area contributed by atoms with Crippen LogP contribution in [0.25, 0.3) is 0 Å². The quantitative estimate of drug-likeness (QED) is 0.0855. The Kier molecular flexibility index (Phi) is 16.7. The molecular weight excluding hydrogens is 821 g/mol. The van der Waals surface area contributed by atoms with Crippen molar-refractivity contribution in [1.82, 2.24) is 20.4 Å². The molecule has 0 bridgehead atoms. The van der Waals surface area contributed by atoms with Gasteiger partial charge in [0.2, 0.25) is 17.7 Å². The van der Waals surface area contributed by atoms with Gasteiger partial charge in [0.15, 0.2) is 0 Å². The number of nitrogens with one attached hydrogen (secondary N) is 2. The summed E-state index contributed by atoms with van der Waals surface area (Å²) in [6, 6.07) is 34.1. The fraction of sp³-hybridized carbons (Fsp3) is 0.408. The Labute approximate surface area is 374 Å². The summed E-state index contributed by atoms with van der Waals surface area (Å²) in [6.45, 7) is 10.5. The number of nitrogens with zero attached hydrogens (tertiary/aromatic N) is 2. The predicted molar refractivity (Wildman–Crippen MR) is 248 cm³/mol. The average Bonchev–Trinajstić information content (AvgIpc) is 3.24. The van der Waals surface area contributed by atoms with E-state index in [1.807, 2.05) is 99.0 Å². The van der Waals surface area contributed by atoms with E-state index in [4.69, 9.17) is 4.74 Å². The summed E-state index contributed by atoms with van der Waals surface area (Å²) >= 11 is 3.09. The van der Waals surface area contributed by atoms with E-state index in [0.29, 0.717) is 5.75 Å². The third-order valence-corrected chi connectivity index (χ3v) is 13.2. The standard InChI is InChI=1S/C49H60N4O7S2/c1-33(2)43(45(56)53-30-36-20-18-17-19-35(36)29-42(53)44(55)51-41(46(57)58)27-28-61-7)52(34(3)54)31-40(50-47(59)60-48(4,5)6)32-62-49(37-21-11-8-12-22-37,38-23-13-9-14-24-38)39-25-15-10-16-26-39/h8-26,33,40-43H,27-32H2,1-7H3,(H,50,59)(H,51,55)(H,57,58)/t40?,41?,42?,43-/m0/s1. The third kappa shape index (κ3) is 12.0. The molecule has 0 aliphatic carbocycles. The monoisotopic (exact) mass is 880 g/mol. The summed E-state index contributed by atoms with van der Waals surface area (Å²) in [7, 11) is 0. The van der Waals surface area contributed by atoms with Gasteiger partial charge in [-0.1, -0.05) is 129 Å². The molecule has 1 heterocycles. The highest BCUT2D eigenvalue weighted by molar-refractivity contribution is 8.00. The number of alkyl carbamates (subject to hydrolysis) is 1. The zero-order valence-electron chi connectivity index (χ0n) is 36.7. The number of hydrogen-bond acceptors (Lipinski definition) is 8. The molecule has 4 atom stereocenters. The number of aliphatic carboxylic acids is 1. The molecule has 0 saturated heterocycles. The van der Waals surface area contributed by atoms with Crippen LogP contribution in [-0.2, 0) is 41.6 Å². The van der Waals surface area contributed by atoms with E-state index in [1.54, 1.807) is 32.5 Å². The summed E-state index contributed by atoms with van der Waals surface area (Å²) in [5.41, 5.74) is 3.99. The number of amides is 4. The lowest BCUT2D eigenvalue weighted by Gasteiger charge is -2.43. The van der Waals surface area contributed by atoms with Crippen molar-refractivity contribution in [2.45, 2.75) is 95.4 Å². The molecule has 0 fully saturated rings. The van der Waals surface area contributed by atoms with E-state index < -0.39 is 64.3 Å². The highest BCUT2D eigenvalue weighted by atomic mass is 32.2. The first kappa shape index (κ1) is 47.8. The van der Waals surface area contributed by atoms with Gasteiger partial charge in [0.1, 0.15) is 23.7 Å². The molecule has 4 aromatic carbocycles. The van der Waals surface area contributed by atoms with Gasteiger partial charge >= 0.3 is 12.1 Å². The highest BCUT2D eigenvalue weighted by Crippen LogP contribution is 2.48. The molecule has 62 heavy (non-hydrogen) atoms. The summed E-state index contributed by atoms with van der Waals surface area (Å²) < 4.78 is 5.02. The lowest BCUT2D eigenvalue weighted by molar-refractivity contribution is -0.153. The van der Waals surface area contributed by atoms with Gasteiger partial charge in [0.25, 0.3) is 0 Å². The Morgan fingerprint density at radius 3 is 1.79 bits per heavy atom. The van der Waals surface area contributed by atoms with E-state index in [9.17, 15) is 24.3 Å². The number of carboxylic acid groups (broad SMARTS) is 1. The van der Waals surface area contributed by atoms with Crippen LogP contribution < -0.4 is 10.6 Å². The number of carbonyl (C=O) groups excluding carboxylic acids is 4. The van der Waals surface area contributed by atoms with Crippen molar-refractivity contribution in [2.24, 2.45) is 5.92 Å². The van der Waals surface area contributed by atoms with Crippen molar-refractivity contribution in [3.05, 3.63) is 143 Å². The second-order valence-electron chi connectivity index (χ2n) is 16.9. The number of ether oxygens (including phenoxy) is 1. The largest absolute Gasteiger partial charge is 0.480 e. The second kappa shape index (κ2) is 21.7. The molecule has 13 heteroatoms. The van der Waals surface area contributed by atoms with Crippen molar-refractivity contribution in [3.8, 4) is 0 Å². The molecule has 330 valence electrons. The molecule has 0 spiro atoms. The topological polar surface area (TPSA) is 145 Å². The van der Waals surface area contributed by atoms with Gasteiger partial charge in [-0.05, 0) is 72.9 Å². The van der Waals surface area contributed by atoms with Gasteiger partial charge in [-0.2, -0.15) is 11.8 Å². The maximum absolute atomic E-state index is 15.2. The van der Waals surface area contributed by atoms with Gasteiger partial charge in [-0.15, -0.1) is 11.8 Å². The first-order valence-corrected chi connectivity index (χ1v) is 23.4. The minimum atomic E-state index is -1.15. The molecule has 5 rings (SSSR count). The molecule has 3 unspecified atom stereocenters. The van der Waals surface area contributed by atoms with Gasteiger partial charge in [0, 0.05) is 32.2 Å². The molecule has 0 radical (unpaired) electrons. The molecule has 3 N–H and O–H groups in total. The molecule has 1 aliphatic heterocycles. The second-order valence-corrected chi connectivity index (χ2v) is 19.1. The van der Waals surface area contributed by atoms with Crippen LogP contribution >= 0.6 is 23.5 Å². The van der Waals surface area contributed by atoms with Crippen LogP contribution in [0.2, 0.25) is 0 Å². The number of carbonyl (C=O) groups is 5. The van der Waals surface area contributed by atoms with E-state index in [1.165, 1.54) is 28.5 Å². The van der Waals surface area contributed by atoms with Gasteiger partial charge in [0.05, 0.1) is 10.8 Å². The number of hydrogen-bond donors (Lipinski definition) is 3. The van der Waals surface area contributed by atoms with Crippen LogP contribution in [0.15, 0.2) is 115 Å². The highest BCUT2D eigenvalue weighted by Gasteiger charge is 2.44. The van der Waals surface area contributed by atoms with Crippen LogP contribution in [0, 0.1) is 5.92 Å². The zero-order chi connectivity index (χ0) is 45.0. The zero-order valence-corrected chi connectivity index (χ0v) is 38.3. The van der Waals surface area contributed by atoms with E-state index in [-0.39, 0.29) is 37.6 Å². The summed E-state index contributed by atoms with van der Waals surface area (Å²) in [4.78, 5) is 72.2. The Morgan fingerprint density at radius 2 is 1.32 bits per heavy atom. The smallest absolute Gasteiger partial charge is 0.407 e. The number of rotatable bonds is 18. The van der Waals surface area contributed by atoms with Crippen LogP contribution in [0.3, 0.4) is 0 Å². The molecule has 11 nitrogen and oxygen atoms in total. The number of fused-ring (bicyclic) bond motifs is 1. The van der Waals surface area contributed by atoms with Gasteiger partial charge in [-0.3, -0.25) is 14.4 Å². The Bertz CT molecular complexity index is 2040. The minimum absolute atomic E-state index is 0.0539. The number of thioether (sulfide) groups is 2.